The van der Waals surface area contributed by atoms with Gasteiger partial charge in [0.25, 0.3) is 0 Å². The van der Waals surface area contributed by atoms with Crippen LogP contribution in [0, 0.1) is 0 Å². The minimum atomic E-state index is -0.112. The van der Waals surface area contributed by atoms with E-state index in [0.717, 1.165) is 32.2 Å². The summed E-state index contributed by atoms with van der Waals surface area (Å²) in [6, 6.07) is 0.234. The van der Waals surface area contributed by atoms with E-state index in [1.54, 1.807) is 7.11 Å². The summed E-state index contributed by atoms with van der Waals surface area (Å²) in [4.78, 5) is 14.3. The standard InChI is InChI=1S/C14H28N2O3/c1-12(14(18)15-8-5-11-19-2)16-9-4-3-6-13(16)7-10-17/h12-13,17H,3-11H2,1-2H3,(H,15,18). The molecule has 5 nitrogen and oxygen atoms in total. The minimum absolute atomic E-state index is 0.0842. The summed E-state index contributed by atoms with van der Waals surface area (Å²) in [5.41, 5.74) is 0. The summed E-state index contributed by atoms with van der Waals surface area (Å²) in [5, 5.41) is 12.1. The number of hydrogen-bond donors (Lipinski definition) is 2. The van der Waals surface area contributed by atoms with Crippen molar-refractivity contribution in [3.05, 3.63) is 0 Å². The number of amides is 1. The van der Waals surface area contributed by atoms with Gasteiger partial charge in [-0.05, 0) is 39.2 Å². The van der Waals surface area contributed by atoms with Gasteiger partial charge in [0.1, 0.15) is 0 Å². The third kappa shape index (κ3) is 5.47. The highest BCUT2D eigenvalue weighted by molar-refractivity contribution is 5.81. The highest BCUT2D eigenvalue weighted by Gasteiger charge is 2.29. The summed E-state index contributed by atoms with van der Waals surface area (Å²) < 4.78 is 4.96. The van der Waals surface area contributed by atoms with E-state index in [1.807, 2.05) is 6.92 Å². The molecule has 0 saturated carbocycles. The molecule has 0 aromatic carbocycles. The van der Waals surface area contributed by atoms with Gasteiger partial charge in [0.15, 0.2) is 0 Å². The second kappa shape index (κ2) is 9.28. The van der Waals surface area contributed by atoms with E-state index in [4.69, 9.17) is 9.84 Å². The topological polar surface area (TPSA) is 61.8 Å². The van der Waals surface area contributed by atoms with Crippen molar-refractivity contribution >= 4 is 5.91 Å². The zero-order valence-electron chi connectivity index (χ0n) is 12.2. The Morgan fingerprint density at radius 1 is 1.53 bits per heavy atom. The third-order valence-electron chi connectivity index (χ3n) is 3.84. The number of carbonyl (C=O) groups excluding carboxylic acids is 1. The van der Waals surface area contributed by atoms with Crippen LogP contribution in [0.4, 0.5) is 0 Å². The Morgan fingerprint density at radius 3 is 3.00 bits per heavy atom. The van der Waals surface area contributed by atoms with Crippen molar-refractivity contribution in [3.8, 4) is 0 Å². The molecule has 0 radical (unpaired) electrons. The normalized spacial score (nSPS) is 22.2. The molecule has 0 aromatic heterocycles. The number of nitrogens with one attached hydrogen (secondary N) is 1. The molecule has 1 amide bonds. The molecule has 0 aliphatic carbocycles. The molecule has 1 rings (SSSR count). The van der Waals surface area contributed by atoms with Crippen molar-refractivity contribution in [1.82, 2.24) is 10.2 Å². The molecule has 2 N–H and O–H groups in total. The fourth-order valence-electron chi connectivity index (χ4n) is 2.72. The van der Waals surface area contributed by atoms with Crippen LogP contribution in [-0.4, -0.2) is 61.4 Å². The van der Waals surface area contributed by atoms with Crippen LogP contribution in [0.25, 0.3) is 0 Å². The highest BCUT2D eigenvalue weighted by Crippen LogP contribution is 2.21. The molecule has 0 bridgehead atoms. The molecule has 19 heavy (non-hydrogen) atoms. The monoisotopic (exact) mass is 272 g/mol. The SMILES string of the molecule is COCCCNC(=O)C(C)N1CCCCC1CCO. The number of aliphatic hydroxyl groups excluding tert-OH is 1. The average molecular weight is 272 g/mol. The van der Waals surface area contributed by atoms with Crippen molar-refractivity contribution in [2.45, 2.75) is 51.1 Å². The molecule has 5 heteroatoms. The lowest BCUT2D eigenvalue weighted by atomic mass is 9.97. The molecule has 0 spiro atoms. The number of hydrogen-bond acceptors (Lipinski definition) is 4. The van der Waals surface area contributed by atoms with Gasteiger partial charge in [-0.3, -0.25) is 9.69 Å². The van der Waals surface area contributed by atoms with Crippen LogP contribution >= 0.6 is 0 Å². The van der Waals surface area contributed by atoms with Crippen molar-refractivity contribution in [2.24, 2.45) is 0 Å². The zero-order valence-corrected chi connectivity index (χ0v) is 12.2. The fraction of sp³-hybridized carbons (Fsp3) is 0.929. The average Bonchev–Trinajstić information content (AvgIpc) is 2.43. The van der Waals surface area contributed by atoms with Crippen molar-refractivity contribution in [2.75, 3.05) is 33.4 Å². The largest absolute Gasteiger partial charge is 0.396 e. The molecule has 2 unspecified atom stereocenters. The molecule has 1 fully saturated rings. The van der Waals surface area contributed by atoms with E-state index in [0.29, 0.717) is 19.2 Å². The second-order valence-corrected chi connectivity index (χ2v) is 5.21. The predicted octanol–water partition coefficient (Wildman–Crippen LogP) is 0.765. The van der Waals surface area contributed by atoms with Crippen LogP contribution in [0.2, 0.25) is 0 Å². The summed E-state index contributed by atoms with van der Waals surface area (Å²) in [5.74, 6) is 0.0842. The smallest absolute Gasteiger partial charge is 0.237 e. The molecule has 2 atom stereocenters. The molecule has 112 valence electrons. The van der Waals surface area contributed by atoms with Gasteiger partial charge in [0.2, 0.25) is 5.91 Å². The number of rotatable bonds is 8. The quantitative estimate of drug-likeness (QED) is 0.641. The van der Waals surface area contributed by atoms with Crippen LogP contribution in [0.5, 0.6) is 0 Å². The molecular weight excluding hydrogens is 244 g/mol. The Labute approximate surface area is 116 Å². The number of piperidine rings is 1. The summed E-state index contributed by atoms with van der Waals surface area (Å²) in [6.45, 7) is 4.45. The van der Waals surface area contributed by atoms with Crippen molar-refractivity contribution in [3.63, 3.8) is 0 Å². The molecule has 0 aromatic rings. The third-order valence-corrected chi connectivity index (χ3v) is 3.84. The van der Waals surface area contributed by atoms with Crippen LogP contribution in [0.15, 0.2) is 0 Å². The van der Waals surface area contributed by atoms with Crippen LogP contribution in [-0.2, 0) is 9.53 Å². The van der Waals surface area contributed by atoms with Gasteiger partial charge in [-0.25, -0.2) is 0 Å². The van der Waals surface area contributed by atoms with Crippen molar-refractivity contribution in [1.29, 1.82) is 0 Å². The van der Waals surface area contributed by atoms with Gasteiger partial charge >= 0.3 is 0 Å². The molecule has 1 aliphatic heterocycles. The lowest BCUT2D eigenvalue weighted by Crippen LogP contribution is -2.52. The number of nitrogens with zero attached hydrogens (tertiary/aromatic N) is 1. The Kier molecular flexibility index (Phi) is 8.02. The first-order valence-corrected chi connectivity index (χ1v) is 7.34. The molecule has 1 saturated heterocycles. The maximum atomic E-state index is 12.1. The zero-order chi connectivity index (χ0) is 14.1. The van der Waals surface area contributed by atoms with E-state index < -0.39 is 0 Å². The van der Waals surface area contributed by atoms with Gasteiger partial charge in [-0.2, -0.15) is 0 Å². The van der Waals surface area contributed by atoms with Gasteiger partial charge in [0, 0.05) is 32.9 Å². The fourth-order valence-corrected chi connectivity index (χ4v) is 2.72. The highest BCUT2D eigenvalue weighted by atomic mass is 16.5. The van der Waals surface area contributed by atoms with Crippen LogP contribution < -0.4 is 5.32 Å². The van der Waals surface area contributed by atoms with E-state index in [9.17, 15) is 4.79 Å². The van der Waals surface area contributed by atoms with E-state index >= 15 is 0 Å². The Hall–Kier alpha value is -0.650. The summed E-state index contributed by atoms with van der Waals surface area (Å²) >= 11 is 0. The van der Waals surface area contributed by atoms with E-state index in [2.05, 4.69) is 10.2 Å². The van der Waals surface area contributed by atoms with Gasteiger partial charge in [0.05, 0.1) is 6.04 Å². The number of carbonyl (C=O) groups is 1. The first-order valence-electron chi connectivity index (χ1n) is 7.34. The maximum Gasteiger partial charge on any atom is 0.237 e. The Morgan fingerprint density at radius 2 is 2.32 bits per heavy atom. The number of methoxy groups -OCH3 is 1. The molecule has 1 heterocycles. The van der Waals surface area contributed by atoms with Crippen molar-refractivity contribution < 1.29 is 14.6 Å². The first-order chi connectivity index (χ1) is 9.20. The van der Waals surface area contributed by atoms with Gasteiger partial charge < -0.3 is 15.2 Å². The lowest BCUT2D eigenvalue weighted by molar-refractivity contribution is -0.127. The Bertz CT molecular complexity index is 259. The van der Waals surface area contributed by atoms with E-state index in [1.165, 1.54) is 6.42 Å². The lowest BCUT2D eigenvalue weighted by Gasteiger charge is -2.39. The molecule has 1 aliphatic rings. The second-order valence-electron chi connectivity index (χ2n) is 5.21. The number of ether oxygens (including phenoxy) is 1. The van der Waals surface area contributed by atoms with Gasteiger partial charge in [-0.15, -0.1) is 0 Å². The minimum Gasteiger partial charge on any atom is -0.396 e. The number of aliphatic hydroxyl groups is 1. The summed E-state index contributed by atoms with van der Waals surface area (Å²) in [6.07, 6.45) is 5.03. The predicted molar refractivity (Wildman–Crippen MR) is 75.0 cm³/mol. The van der Waals surface area contributed by atoms with E-state index in [-0.39, 0.29) is 18.6 Å². The van der Waals surface area contributed by atoms with Crippen LogP contribution in [0.3, 0.4) is 0 Å². The van der Waals surface area contributed by atoms with Gasteiger partial charge in [-0.1, -0.05) is 6.42 Å². The van der Waals surface area contributed by atoms with Crippen LogP contribution in [0.1, 0.15) is 39.0 Å². The summed E-state index contributed by atoms with van der Waals surface area (Å²) in [7, 11) is 1.66. The maximum absolute atomic E-state index is 12.1. The first kappa shape index (κ1) is 16.4. The number of likely N-dealkylation sites (tertiary alicyclic amines) is 1. The molecular formula is C14H28N2O3. The Balaban J connectivity index is 2.39.